The minimum atomic E-state index is -3.71. The van der Waals surface area contributed by atoms with Crippen LogP contribution < -0.4 is 30.6 Å². The average molecular weight is 623 g/mol. The van der Waals surface area contributed by atoms with E-state index in [1.807, 2.05) is 6.07 Å². The van der Waals surface area contributed by atoms with Crippen LogP contribution in [0.2, 0.25) is 0 Å². The van der Waals surface area contributed by atoms with Gasteiger partial charge in [-0.05, 0) is 29.8 Å². The minimum Gasteiger partial charge on any atom is -0.490 e. The largest absolute Gasteiger partial charge is 0.490 e. The highest BCUT2D eigenvalue weighted by molar-refractivity contribution is 8.13. The number of nitrogens with one attached hydrogen (secondary N) is 3. The highest BCUT2D eigenvalue weighted by Crippen LogP contribution is 2.33. The fourth-order valence-corrected chi connectivity index (χ4v) is 4.70. The van der Waals surface area contributed by atoms with Gasteiger partial charge in [0.1, 0.15) is 17.6 Å². The Bertz CT molecular complexity index is 1710. The molecule has 41 heavy (non-hydrogen) atoms. The number of hydrogen-bond acceptors (Lipinski definition) is 10. The predicted molar refractivity (Wildman–Crippen MR) is 152 cm³/mol. The van der Waals surface area contributed by atoms with Crippen LogP contribution in [0.3, 0.4) is 0 Å². The van der Waals surface area contributed by atoms with Crippen molar-refractivity contribution in [1.29, 1.82) is 0 Å². The Hall–Kier alpha value is -4.27. The van der Waals surface area contributed by atoms with Crippen molar-refractivity contribution in [3.63, 3.8) is 0 Å². The summed E-state index contributed by atoms with van der Waals surface area (Å²) in [6.45, 7) is 1.36. The van der Waals surface area contributed by atoms with Gasteiger partial charge in [-0.2, -0.15) is 0 Å². The molecule has 0 radical (unpaired) electrons. The molecule has 16 heteroatoms. The molecule has 2 aliphatic rings. The standard InChI is InChI=1S/C16H14N6O3.C9H9ClO4S.ClH/c17-9-5-18-14-13(9)20-7-21-15(14)16(24)19-4-8-1-2-11-10(3-8)22-12(23)6-25-11;10-15(11,12)7-2-3-8-9(6-7)14-5-1-4-13-8;/h1-3,5,7,18H,4,6,17H2,(H,19,24)(H,22,23);2-3,6H,1,4-5H2;1H. The summed E-state index contributed by atoms with van der Waals surface area (Å²) in [5, 5.41) is 5.52. The van der Waals surface area contributed by atoms with Gasteiger partial charge in [0.05, 0.1) is 35.0 Å². The molecule has 6 rings (SSSR count). The lowest BCUT2D eigenvalue weighted by atomic mass is 10.1. The third-order valence-electron chi connectivity index (χ3n) is 5.84. The third kappa shape index (κ3) is 6.90. The maximum atomic E-state index is 12.4. The number of ether oxygens (including phenoxy) is 3. The summed E-state index contributed by atoms with van der Waals surface area (Å²) >= 11 is 0. The second-order valence-corrected chi connectivity index (χ2v) is 11.2. The smallest absolute Gasteiger partial charge is 0.272 e. The second-order valence-electron chi connectivity index (χ2n) is 8.64. The van der Waals surface area contributed by atoms with E-state index in [2.05, 4.69) is 25.6 Å². The summed E-state index contributed by atoms with van der Waals surface area (Å²) < 4.78 is 38.1. The lowest BCUT2D eigenvalue weighted by Crippen LogP contribution is -2.26. The monoisotopic (exact) mass is 622 g/mol. The number of nitrogens with zero attached hydrogens (tertiary/aromatic N) is 2. The Morgan fingerprint density at radius 3 is 2.59 bits per heavy atom. The maximum absolute atomic E-state index is 12.4. The lowest BCUT2D eigenvalue weighted by molar-refractivity contribution is -0.118. The lowest BCUT2D eigenvalue weighted by Gasteiger charge is -2.18. The topological polar surface area (TPSA) is 188 Å². The molecule has 5 N–H and O–H groups in total. The van der Waals surface area contributed by atoms with E-state index in [1.54, 1.807) is 24.4 Å². The third-order valence-corrected chi connectivity index (χ3v) is 7.19. The van der Waals surface area contributed by atoms with Gasteiger partial charge in [0.15, 0.2) is 23.8 Å². The number of nitrogen functional groups attached to an aromatic ring is 1. The zero-order chi connectivity index (χ0) is 28.3. The van der Waals surface area contributed by atoms with Crippen LogP contribution in [0.25, 0.3) is 11.0 Å². The first kappa shape index (κ1) is 29.7. The number of fused-ring (bicyclic) bond motifs is 3. The van der Waals surface area contributed by atoms with Crippen molar-refractivity contribution in [2.45, 2.75) is 17.9 Å². The number of aromatic amines is 1. The quantitative estimate of drug-likeness (QED) is 0.246. The molecule has 4 heterocycles. The molecule has 0 saturated heterocycles. The van der Waals surface area contributed by atoms with Crippen LogP contribution in [-0.2, 0) is 20.4 Å². The van der Waals surface area contributed by atoms with Crippen molar-refractivity contribution >= 4 is 66.4 Å². The molecule has 2 aromatic carbocycles. The number of H-pyrrole nitrogens is 1. The molecule has 0 bridgehead atoms. The van der Waals surface area contributed by atoms with Crippen LogP contribution in [0.5, 0.6) is 17.2 Å². The highest BCUT2D eigenvalue weighted by atomic mass is 35.7. The summed E-state index contributed by atoms with van der Waals surface area (Å²) in [6.07, 6.45) is 3.65. The van der Waals surface area contributed by atoms with Gasteiger partial charge in [-0.1, -0.05) is 6.07 Å². The van der Waals surface area contributed by atoms with Gasteiger partial charge in [-0.3, -0.25) is 9.59 Å². The summed E-state index contributed by atoms with van der Waals surface area (Å²) in [5.74, 6) is 1.02. The Morgan fingerprint density at radius 1 is 1.05 bits per heavy atom. The normalized spacial score (nSPS) is 13.7. The van der Waals surface area contributed by atoms with Gasteiger partial charge in [0, 0.05) is 35.9 Å². The molecule has 0 atom stereocenters. The molecule has 2 aliphatic heterocycles. The van der Waals surface area contributed by atoms with Crippen molar-refractivity contribution < 1.29 is 32.2 Å². The number of nitrogens with two attached hydrogens (primary N) is 1. The van der Waals surface area contributed by atoms with E-state index in [4.69, 9.17) is 30.6 Å². The number of halogens is 2. The van der Waals surface area contributed by atoms with Crippen LogP contribution in [0, 0.1) is 0 Å². The Morgan fingerprint density at radius 2 is 1.80 bits per heavy atom. The SMILES string of the molecule is Cl.Nc1c[nH]c2c(C(=O)NCc3ccc4c(c3)NC(=O)CO4)ncnc12.O=S(=O)(Cl)c1ccc2c(c1)OCCCO2. The summed E-state index contributed by atoms with van der Waals surface area (Å²) in [6, 6.07) is 9.66. The molecule has 216 valence electrons. The van der Waals surface area contributed by atoms with Gasteiger partial charge in [-0.15, -0.1) is 12.4 Å². The molecule has 0 saturated carbocycles. The summed E-state index contributed by atoms with van der Waals surface area (Å²) in [4.78, 5) is 34.8. The zero-order valence-electron chi connectivity index (χ0n) is 21.2. The first-order valence-electron chi connectivity index (χ1n) is 11.9. The van der Waals surface area contributed by atoms with Crippen molar-refractivity contribution in [1.82, 2.24) is 20.3 Å². The van der Waals surface area contributed by atoms with Gasteiger partial charge in [0.2, 0.25) is 0 Å². The van der Waals surface area contributed by atoms with Gasteiger partial charge < -0.3 is 35.6 Å². The second kappa shape index (κ2) is 12.5. The van der Waals surface area contributed by atoms with Crippen LogP contribution in [0.15, 0.2) is 53.8 Å². The fraction of sp³-hybridized carbons (Fsp3) is 0.200. The average Bonchev–Trinajstić information content (AvgIpc) is 3.16. The zero-order valence-corrected chi connectivity index (χ0v) is 23.6. The molecule has 2 amide bonds. The van der Waals surface area contributed by atoms with Crippen molar-refractivity contribution in [3.8, 4) is 17.2 Å². The van der Waals surface area contributed by atoms with Crippen LogP contribution in [0.1, 0.15) is 22.5 Å². The molecule has 0 spiro atoms. The highest BCUT2D eigenvalue weighted by Gasteiger charge is 2.18. The summed E-state index contributed by atoms with van der Waals surface area (Å²) in [5.41, 5.74) is 8.86. The van der Waals surface area contributed by atoms with E-state index in [-0.39, 0.29) is 48.0 Å². The number of rotatable bonds is 4. The minimum absolute atomic E-state index is 0. The van der Waals surface area contributed by atoms with Crippen LogP contribution >= 0.6 is 23.1 Å². The first-order valence-corrected chi connectivity index (χ1v) is 14.3. The van der Waals surface area contributed by atoms with Gasteiger partial charge in [0.25, 0.3) is 20.9 Å². The van der Waals surface area contributed by atoms with E-state index < -0.39 is 9.05 Å². The Balaban J connectivity index is 0.000000208. The number of carbonyl (C=O) groups is 2. The molecule has 4 aromatic rings. The van der Waals surface area contributed by atoms with E-state index in [1.165, 1.54) is 18.5 Å². The number of amides is 2. The first-order chi connectivity index (χ1) is 19.2. The Labute approximate surface area is 244 Å². The van der Waals surface area contributed by atoms with Gasteiger partial charge >= 0.3 is 0 Å². The van der Waals surface area contributed by atoms with Crippen LogP contribution in [0.4, 0.5) is 11.4 Å². The number of carbonyl (C=O) groups excluding carboxylic acids is 2. The number of benzene rings is 2. The molecule has 13 nitrogen and oxygen atoms in total. The van der Waals surface area contributed by atoms with E-state index in [9.17, 15) is 18.0 Å². The van der Waals surface area contributed by atoms with E-state index in [0.29, 0.717) is 52.9 Å². The predicted octanol–water partition coefficient (Wildman–Crippen LogP) is 3.00. The molecule has 0 fully saturated rings. The van der Waals surface area contributed by atoms with Crippen LogP contribution in [-0.4, -0.2) is 55.0 Å². The number of hydrogen-bond donors (Lipinski definition) is 4. The maximum Gasteiger partial charge on any atom is 0.272 e. The van der Waals surface area contributed by atoms with Crippen molar-refractivity contribution in [2.24, 2.45) is 0 Å². The molecule has 0 unspecified atom stereocenters. The van der Waals surface area contributed by atoms with E-state index >= 15 is 0 Å². The molecular formula is C25H24Cl2N6O7S. The molecule has 0 aliphatic carbocycles. The van der Waals surface area contributed by atoms with Crippen molar-refractivity contribution in [2.75, 3.05) is 30.9 Å². The summed E-state index contributed by atoms with van der Waals surface area (Å²) in [7, 11) is 1.51. The number of aromatic nitrogens is 3. The van der Waals surface area contributed by atoms with Crippen molar-refractivity contribution in [3.05, 3.63) is 60.2 Å². The number of anilines is 2. The Kier molecular flexibility index (Phi) is 9.05. The van der Waals surface area contributed by atoms with E-state index in [0.717, 1.165) is 12.0 Å². The fourth-order valence-electron chi connectivity index (χ4n) is 3.93. The van der Waals surface area contributed by atoms with Gasteiger partial charge in [-0.25, -0.2) is 18.4 Å². The molecular weight excluding hydrogens is 599 g/mol. The molecule has 2 aromatic heterocycles.